The van der Waals surface area contributed by atoms with Gasteiger partial charge in [0.15, 0.2) is 5.11 Å². The first-order chi connectivity index (χ1) is 17.7. The second-order valence-electron chi connectivity index (χ2n) is 8.64. The number of amides is 1. The first-order valence-corrected chi connectivity index (χ1v) is 12.5. The zero-order valence-corrected chi connectivity index (χ0v) is 20.9. The molecular formula is C28H28N6OS. The summed E-state index contributed by atoms with van der Waals surface area (Å²) in [4.78, 5) is 23.8. The third-order valence-corrected chi connectivity index (χ3v) is 6.83. The Morgan fingerprint density at radius 3 is 2.61 bits per heavy atom. The van der Waals surface area contributed by atoms with E-state index in [1.165, 1.54) is 0 Å². The van der Waals surface area contributed by atoms with Crippen LogP contribution >= 0.6 is 12.2 Å². The van der Waals surface area contributed by atoms with Gasteiger partial charge in [-0.05, 0) is 66.7 Å². The van der Waals surface area contributed by atoms with Crippen LogP contribution in [-0.2, 0) is 11.2 Å². The first-order valence-electron chi connectivity index (χ1n) is 12.1. The molecule has 0 radical (unpaired) electrons. The number of carbonyl (C=O) groups is 1. The van der Waals surface area contributed by atoms with Crippen molar-refractivity contribution in [3.05, 3.63) is 108 Å². The van der Waals surface area contributed by atoms with Crippen molar-refractivity contribution >= 4 is 28.9 Å². The Morgan fingerprint density at radius 1 is 1.03 bits per heavy atom. The lowest BCUT2D eigenvalue weighted by atomic mass is 10.0. The van der Waals surface area contributed by atoms with Gasteiger partial charge in [0.2, 0.25) is 5.91 Å². The Labute approximate surface area is 216 Å². The molecule has 2 N–H and O–H groups in total. The van der Waals surface area contributed by atoms with Crippen molar-refractivity contribution in [1.82, 2.24) is 24.8 Å². The molecule has 3 aromatic heterocycles. The summed E-state index contributed by atoms with van der Waals surface area (Å²) < 4.78 is 2.14. The van der Waals surface area contributed by atoms with Gasteiger partial charge in [-0.1, -0.05) is 31.2 Å². The van der Waals surface area contributed by atoms with E-state index in [2.05, 4.69) is 43.1 Å². The van der Waals surface area contributed by atoms with Gasteiger partial charge in [0, 0.05) is 54.8 Å². The molecule has 7 nitrogen and oxygen atoms in total. The molecule has 1 fully saturated rings. The molecule has 2 atom stereocenters. The highest BCUT2D eigenvalue weighted by molar-refractivity contribution is 7.80. The number of aromatic nitrogens is 3. The molecule has 36 heavy (non-hydrogen) atoms. The number of thiocarbonyl (C=S) groups is 1. The lowest BCUT2D eigenvalue weighted by molar-refractivity contribution is -0.116. The van der Waals surface area contributed by atoms with E-state index in [1.807, 2.05) is 66.9 Å². The van der Waals surface area contributed by atoms with E-state index in [0.717, 1.165) is 34.7 Å². The van der Waals surface area contributed by atoms with Crippen LogP contribution in [0.5, 0.6) is 0 Å². The number of para-hydroxylation sites is 1. The average Bonchev–Trinajstić information content (AvgIpc) is 3.53. The maximum atomic E-state index is 13.0. The summed E-state index contributed by atoms with van der Waals surface area (Å²) >= 11 is 5.79. The number of hydrogen-bond donors (Lipinski definition) is 2. The smallest absolute Gasteiger partial charge is 0.226 e. The number of pyridine rings is 2. The van der Waals surface area contributed by atoms with Gasteiger partial charge >= 0.3 is 0 Å². The molecule has 0 saturated carbocycles. The van der Waals surface area contributed by atoms with Gasteiger partial charge in [0.25, 0.3) is 0 Å². The van der Waals surface area contributed by atoms with Crippen LogP contribution in [0.4, 0.5) is 5.69 Å². The molecule has 0 aliphatic carbocycles. The highest BCUT2D eigenvalue weighted by Gasteiger charge is 2.41. The van der Waals surface area contributed by atoms with Gasteiger partial charge in [-0.15, -0.1) is 0 Å². The number of hydrogen-bond acceptors (Lipinski definition) is 4. The minimum atomic E-state index is -0.155. The van der Waals surface area contributed by atoms with E-state index in [1.54, 1.807) is 18.6 Å². The molecule has 4 aromatic rings. The van der Waals surface area contributed by atoms with Gasteiger partial charge in [0.05, 0.1) is 17.8 Å². The van der Waals surface area contributed by atoms with Crippen LogP contribution in [0.3, 0.4) is 0 Å². The summed E-state index contributed by atoms with van der Waals surface area (Å²) in [5.41, 5.74) is 4.95. The predicted molar refractivity (Wildman–Crippen MR) is 145 cm³/mol. The monoisotopic (exact) mass is 496 g/mol. The SMILES string of the molecule is CCc1ccccc1NC(=O)CCN1C(=S)N[C@@H](c2ccccn2)[C@H]1c1cccn1-c1ccncc1. The van der Waals surface area contributed by atoms with E-state index in [9.17, 15) is 4.79 Å². The molecule has 1 aliphatic rings. The lowest BCUT2D eigenvalue weighted by Crippen LogP contribution is -2.33. The minimum absolute atomic E-state index is 0.0387. The third kappa shape index (κ3) is 4.85. The third-order valence-electron chi connectivity index (χ3n) is 6.47. The topological polar surface area (TPSA) is 75.1 Å². The van der Waals surface area contributed by atoms with E-state index in [0.29, 0.717) is 18.1 Å². The summed E-state index contributed by atoms with van der Waals surface area (Å²) in [7, 11) is 0. The molecule has 1 aromatic carbocycles. The number of nitrogens with zero attached hydrogens (tertiary/aromatic N) is 4. The van der Waals surface area contributed by atoms with E-state index in [-0.39, 0.29) is 18.0 Å². The largest absolute Gasteiger partial charge is 0.352 e. The van der Waals surface area contributed by atoms with Crippen LogP contribution in [0.15, 0.2) is 91.5 Å². The van der Waals surface area contributed by atoms with Gasteiger partial charge < -0.3 is 20.1 Å². The molecule has 1 saturated heterocycles. The maximum absolute atomic E-state index is 13.0. The molecule has 4 heterocycles. The fraction of sp³-hybridized carbons (Fsp3) is 0.214. The molecule has 0 bridgehead atoms. The molecule has 8 heteroatoms. The first kappa shape index (κ1) is 23.7. The van der Waals surface area contributed by atoms with Crippen molar-refractivity contribution in [3.63, 3.8) is 0 Å². The molecule has 0 spiro atoms. The molecule has 0 unspecified atom stereocenters. The second-order valence-corrected chi connectivity index (χ2v) is 9.02. The predicted octanol–water partition coefficient (Wildman–Crippen LogP) is 4.83. The highest BCUT2D eigenvalue weighted by Crippen LogP contribution is 2.39. The van der Waals surface area contributed by atoms with Crippen molar-refractivity contribution in [2.45, 2.75) is 31.8 Å². The zero-order valence-electron chi connectivity index (χ0n) is 20.0. The van der Waals surface area contributed by atoms with Crippen LogP contribution in [-0.4, -0.2) is 37.0 Å². The van der Waals surface area contributed by atoms with Gasteiger partial charge in [0.1, 0.15) is 0 Å². The van der Waals surface area contributed by atoms with Crippen molar-refractivity contribution < 1.29 is 4.79 Å². The zero-order chi connectivity index (χ0) is 24.9. The number of aryl methyl sites for hydroxylation is 1. The maximum Gasteiger partial charge on any atom is 0.226 e. The number of benzene rings is 1. The van der Waals surface area contributed by atoms with Crippen molar-refractivity contribution in [1.29, 1.82) is 0 Å². The summed E-state index contributed by atoms with van der Waals surface area (Å²) in [5, 5.41) is 7.15. The number of carbonyl (C=O) groups excluding carboxylic acids is 1. The number of rotatable bonds is 8. The molecule has 5 rings (SSSR count). The van der Waals surface area contributed by atoms with Gasteiger partial charge in [-0.2, -0.15) is 0 Å². The van der Waals surface area contributed by atoms with Crippen LogP contribution in [0.25, 0.3) is 5.69 Å². The Morgan fingerprint density at radius 2 is 1.83 bits per heavy atom. The van der Waals surface area contributed by atoms with Crippen LogP contribution < -0.4 is 10.6 Å². The summed E-state index contributed by atoms with van der Waals surface area (Å²) in [6.45, 7) is 2.56. The highest BCUT2D eigenvalue weighted by atomic mass is 32.1. The van der Waals surface area contributed by atoms with Gasteiger partial charge in [-0.25, -0.2) is 0 Å². The van der Waals surface area contributed by atoms with Crippen LogP contribution in [0, 0.1) is 0 Å². The average molecular weight is 497 g/mol. The van der Waals surface area contributed by atoms with E-state index in [4.69, 9.17) is 12.2 Å². The van der Waals surface area contributed by atoms with E-state index < -0.39 is 0 Å². The fourth-order valence-electron chi connectivity index (χ4n) is 4.73. The quantitative estimate of drug-likeness (QED) is 0.340. The van der Waals surface area contributed by atoms with Crippen molar-refractivity contribution in [3.8, 4) is 5.69 Å². The Kier molecular flexibility index (Phi) is 7.04. The molecule has 1 aliphatic heterocycles. The van der Waals surface area contributed by atoms with Gasteiger partial charge in [-0.3, -0.25) is 14.8 Å². The second kappa shape index (κ2) is 10.7. The van der Waals surface area contributed by atoms with Crippen molar-refractivity contribution in [2.24, 2.45) is 0 Å². The number of anilines is 1. The Bertz CT molecular complexity index is 1340. The standard InChI is InChI=1S/C28H28N6OS/c1-2-20-8-3-4-9-22(20)31-25(35)14-19-34-27(26(32-28(34)36)23-10-5-6-15-30-23)24-11-7-18-33(24)21-12-16-29-17-13-21/h3-13,15-18,26-27H,2,14,19H2,1H3,(H,31,35)(H,32,36)/t26-,27+/m0/s1. The van der Waals surface area contributed by atoms with Crippen molar-refractivity contribution in [2.75, 3.05) is 11.9 Å². The Hall–Kier alpha value is -4.04. The normalized spacial score (nSPS) is 17.1. The number of nitrogens with one attached hydrogen (secondary N) is 2. The molecule has 1 amide bonds. The summed E-state index contributed by atoms with van der Waals surface area (Å²) in [6, 6.07) is 21.6. The fourth-order valence-corrected chi connectivity index (χ4v) is 5.06. The molecule has 182 valence electrons. The Balaban J connectivity index is 1.43. The van der Waals surface area contributed by atoms with Crippen LogP contribution in [0.1, 0.15) is 42.4 Å². The molecular weight excluding hydrogens is 468 g/mol. The lowest BCUT2D eigenvalue weighted by Gasteiger charge is -2.28. The van der Waals surface area contributed by atoms with Crippen LogP contribution in [0.2, 0.25) is 0 Å². The summed E-state index contributed by atoms with van der Waals surface area (Å²) in [5.74, 6) is -0.0387. The summed E-state index contributed by atoms with van der Waals surface area (Å²) in [6.07, 6.45) is 8.55. The minimum Gasteiger partial charge on any atom is -0.352 e. The van der Waals surface area contributed by atoms with E-state index >= 15 is 0 Å².